The minimum atomic E-state index is -0.957. The number of halogens is 1. The van der Waals surface area contributed by atoms with Crippen molar-refractivity contribution in [2.45, 2.75) is 32.2 Å². The molecule has 0 fully saturated rings. The second kappa shape index (κ2) is 9.15. The number of carbonyl (C=O) groups excluding carboxylic acids is 1. The van der Waals surface area contributed by atoms with Gasteiger partial charge in [0, 0.05) is 12.2 Å². The van der Waals surface area contributed by atoms with Crippen molar-refractivity contribution >= 4 is 17.4 Å². The Morgan fingerprint density at radius 3 is 2.45 bits per heavy atom. The van der Waals surface area contributed by atoms with Crippen LogP contribution in [0.25, 0.3) is 0 Å². The molecule has 122 valence electrons. The number of alkyl halides is 1. The second-order valence-corrected chi connectivity index (χ2v) is 5.36. The second-order valence-electron chi connectivity index (χ2n) is 5.36. The van der Waals surface area contributed by atoms with Crippen molar-refractivity contribution in [1.82, 2.24) is 0 Å². The summed E-state index contributed by atoms with van der Waals surface area (Å²) in [7, 11) is 0. The van der Waals surface area contributed by atoms with Crippen LogP contribution in [-0.4, -0.2) is 36.1 Å². The molecule has 6 heteroatoms. The van der Waals surface area contributed by atoms with Gasteiger partial charge >= 0.3 is 5.97 Å². The molecule has 1 aromatic carbocycles. The van der Waals surface area contributed by atoms with Gasteiger partial charge in [0.15, 0.2) is 0 Å². The summed E-state index contributed by atoms with van der Waals surface area (Å²) in [5.41, 5.74) is 7.37. The maximum Gasteiger partial charge on any atom is 0.306 e. The van der Waals surface area contributed by atoms with Crippen molar-refractivity contribution in [1.29, 1.82) is 0 Å². The Hall–Kier alpha value is -1.95. The zero-order valence-electron chi connectivity index (χ0n) is 12.7. The van der Waals surface area contributed by atoms with Crippen LogP contribution in [0.5, 0.6) is 0 Å². The van der Waals surface area contributed by atoms with Gasteiger partial charge < -0.3 is 16.2 Å². The molecule has 0 aromatic heterocycles. The number of aliphatic carboxylic acids is 1. The molecule has 0 spiro atoms. The molecule has 0 bridgehead atoms. The molecule has 4 N–H and O–H groups in total. The van der Waals surface area contributed by atoms with Gasteiger partial charge in [0.05, 0.1) is 18.6 Å². The summed E-state index contributed by atoms with van der Waals surface area (Å²) in [6, 6.07) is 6.57. The summed E-state index contributed by atoms with van der Waals surface area (Å²) < 4.78 is 12.0. The lowest BCUT2D eigenvalue weighted by Crippen LogP contribution is -2.33. The fraction of sp³-hybridized carbons (Fsp3) is 0.500. The lowest BCUT2D eigenvalue weighted by Gasteiger charge is -2.16. The minimum Gasteiger partial charge on any atom is -0.481 e. The van der Waals surface area contributed by atoms with Gasteiger partial charge in [0.2, 0.25) is 0 Å². The third-order valence-electron chi connectivity index (χ3n) is 3.49. The van der Waals surface area contributed by atoms with E-state index in [4.69, 9.17) is 5.73 Å². The lowest BCUT2D eigenvalue weighted by atomic mass is 9.92. The fourth-order valence-corrected chi connectivity index (χ4v) is 2.09. The van der Waals surface area contributed by atoms with Crippen LogP contribution < -0.4 is 11.1 Å². The standard InChI is InChI=1S/C16H23FN2O3/c1-11(20)15(18)10-13(16(21)22)9-12-3-5-14(6-4-12)19-8-2-7-17/h3-6,13,15,19H,2,7-10,18H2,1H3,(H,21,22)/t13?,15-/m0/s1/i17-1. The number of carboxylic acids is 1. The summed E-state index contributed by atoms with van der Waals surface area (Å²) in [5.74, 6) is -1.86. The van der Waals surface area contributed by atoms with E-state index in [1.165, 1.54) is 6.92 Å². The SMILES string of the molecule is CC(=O)[C@@H](N)CC(Cc1ccc(NCCC[18F])cc1)C(=O)O. The molecule has 0 aliphatic heterocycles. The van der Waals surface area contributed by atoms with E-state index in [1.807, 2.05) is 24.3 Å². The van der Waals surface area contributed by atoms with Gasteiger partial charge in [-0.3, -0.25) is 14.0 Å². The van der Waals surface area contributed by atoms with Crippen LogP contribution in [-0.2, 0) is 16.0 Å². The zero-order chi connectivity index (χ0) is 16.5. The van der Waals surface area contributed by atoms with Gasteiger partial charge in [-0.1, -0.05) is 12.1 Å². The molecule has 1 unspecified atom stereocenters. The third-order valence-corrected chi connectivity index (χ3v) is 3.49. The Labute approximate surface area is 129 Å². The molecule has 2 atom stereocenters. The van der Waals surface area contributed by atoms with E-state index in [2.05, 4.69) is 5.32 Å². The minimum absolute atomic E-state index is 0.126. The Balaban J connectivity index is 2.62. The average molecular weight is 309 g/mol. The number of benzene rings is 1. The van der Waals surface area contributed by atoms with E-state index in [1.54, 1.807) is 0 Å². The molecule has 0 saturated heterocycles. The third kappa shape index (κ3) is 6.22. The summed E-state index contributed by atoms with van der Waals surface area (Å²) in [5, 5.41) is 12.3. The van der Waals surface area contributed by atoms with Crippen LogP contribution in [0.15, 0.2) is 24.3 Å². The highest BCUT2D eigenvalue weighted by atomic mass is 18.2. The van der Waals surface area contributed by atoms with Gasteiger partial charge in [-0.25, -0.2) is 0 Å². The van der Waals surface area contributed by atoms with Gasteiger partial charge in [0.1, 0.15) is 5.78 Å². The van der Waals surface area contributed by atoms with Gasteiger partial charge in [-0.05, 0) is 43.9 Å². The number of hydrogen-bond donors (Lipinski definition) is 3. The van der Waals surface area contributed by atoms with Gasteiger partial charge in [-0.2, -0.15) is 0 Å². The quantitative estimate of drug-likeness (QED) is 0.575. The van der Waals surface area contributed by atoms with Crippen LogP contribution >= 0.6 is 0 Å². The van der Waals surface area contributed by atoms with Crippen molar-refractivity contribution in [3.63, 3.8) is 0 Å². The molecule has 0 radical (unpaired) electrons. The number of hydrogen-bond acceptors (Lipinski definition) is 4. The van der Waals surface area contributed by atoms with Crippen molar-refractivity contribution in [2.24, 2.45) is 11.7 Å². The normalized spacial score (nSPS) is 13.4. The highest BCUT2D eigenvalue weighted by Gasteiger charge is 2.23. The van der Waals surface area contributed by atoms with Crippen LogP contribution in [0, 0.1) is 5.92 Å². The largest absolute Gasteiger partial charge is 0.481 e. The van der Waals surface area contributed by atoms with Crippen molar-refractivity contribution in [3.05, 3.63) is 29.8 Å². The average Bonchev–Trinajstić information content (AvgIpc) is 2.48. The number of carboxylic acid groups (broad SMARTS) is 1. The summed E-state index contributed by atoms with van der Waals surface area (Å²) in [4.78, 5) is 22.5. The molecule has 22 heavy (non-hydrogen) atoms. The van der Waals surface area contributed by atoms with Crippen LogP contribution in [0.2, 0.25) is 0 Å². The van der Waals surface area contributed by atoms with Gasteiger partial charge in [-0.15, -0.1) is 0 Å². The highest BCUT2D eigenvalue weighted by Crippen LogP contribution is 2.17. The van der Waals surface area contributed by atoms with E-state index in [-0.39, 0.29) is 18.9 Å². The first-order valence-corrected chi connectivity index (χ1v) is 7.31. The monoisotopic (exact) mass is 309 g/mol. The topological polar surface area (TPSA) is 92.4 Å². The smallest absolute Gasteiger partial charge is 0.306 e. The van der Waals surface area contributed by atoms with E-state index in [0.29, 0.717) is 19.4 Å². The first kappa shape index (κ1) is 18.1. The first-order valence-electron chi connectivity index (χ1n) is 7.31. The van der Waals surface area contributed by atoms with Crippen LogP contribution in [0.3, 0.4) is 0 Å². The fourth-order valence-electron chi connectivity index (χ4n) is 2.09. The molecule has 5 nitrogen and oxygen atoms in total. The molecule has 0 heterocycles. The van der Waals surface area contributed by atoms with E-state index < -0.39 is 17.9 Å². The predicted octanol–water partition coefficient (Wildman–Crippen LogP) is 2.01. The number of anilines is 1. The number of ketones is 1. The highest BCUT2D eigenvalue weighted by molar-refractivity contribution is 5.82. The Morgan fingerprint density at radius 1 is 1.32 bits per heavy atom. The summed E-state index contributed by atoms with van der Waals surface area (Å²) >= 11 is 0. The van der Waals surface area contributed by atoms with Crippen molar-refractivity contribution < 1.29 is 19.1 Å². The number of nitrogens with one attached hydrogen (secondary N) is 1. The molecule has 0 aliphatic carbocycles. The van der Waals surface area contributed by atoms with E-state index in [9.17, 15) is 19.1 Å². The maximum absolute atomic E-state index is 12.0. The van der Waals surface area contributed by atoms with Crippen molar-refractivity contribution in [2.75, 3.05) is 18.5 Å². The van der Waals surface area contributed by atoms with E-state index >= 15 is 0 Å². The Kier molecular flexibility index (Phi) is 7.52. The molecule has 0 aliphatic rings. The maximum atomic E-state index is 12.0. The molecular formula is C16H23FN2O3. The molecule has 0 saturated carbocycles. The molecule has 1 rings (SSSR count). The molecule has 0 amide bonds. The first-order chi connectivity index (χ1) is 10.4. The Bertz CT molecular complexity index is 491. The van der Waals surface area contributed by atoms with Crippen molar-refractivity contribution in [3.8, 4) is 0 Å². The number of Topliss-reactive ketones (excluding diaryl/α,β-unsaturated/α-hetero) is 1. The lowest BCUT2D eigenvalue weighted by molar-refractivity contribution is -0.142. The zero-order valence-corrected chi connectivity index (χ0v) is 12.7. The number of rotatable bonds is 10. The number of carbonyl (C=O) groups is 2. The molecular weight excluding hydrogens is 286 g/mol. The Morgan fingerprint density at radius 2 is 1.95 bits per heavy atom. The van der Waals surface area contributed by atoms with Crippen LogP contribution in [0.4, 0.5) is 10.1 Å². The summed E-state index contributed by atoms with van der Waals surface area (Å²) in [6.07, 6.45) is 0.897. The van der Waals surface area contributed by atoms with Crippen LogP contribution in [0.1, 0.15) is 25.3 Å². The van der Waals surface area contributed by atoms with Gasteiger partial charge in [0.25, 0.3) is 0 Å². The van der Waals surface area contributed by atoms with E-state index in [0.717, 1.165) is 11.3 Å². The number of nitrogens with two attached hydrogens (primary N) is 1. The summed E-state index contributed by atoms with van der Waals surface area (Å²) in [6.45, 7) is 1.56. The molecule has 1 aromatic rings. The predicted molar refractivity (Wildman–Crippen MR) is 83.6 cm³/mol.